The lowest BCUT2D eigenvalue weighted by Gasteiger charge is -2.19. The van der Waals surface area contributed by atoms with Crippen molar-refractivity contribution in [3.63, 3.8) is 0 Å². The second kappa shape index (κ2) is 9.39. The maximum Gasteiger partial charge on any atom is 0.261 e. The number of rotatable bonds is 7. The zero-order valence-corrected chi connectivity index (χ0v) is 19.1. The van der Waals surface area contributed by atoms with Crippen molar-refractivity contribution in [3.8, 4) is 0 Å². The highest BCUT2D eigenvalue weighted by Gasteiger charge is 2.35. The van der Waals surface area contributed by atoms with E-state index in [9.17, 15) is 14.4 Å². The van der Waals surface area contributed by atoms with Crippen LogP contribution in [-0.4, -0.2) is 22.5 Å². The van der Waals surface area contributed by atoms with Gasteiger partial charge in [-0.3, -0.25) is 19.3 Å². The molecule has 5 rings (SSSR count). The summed E-state index contributed by atoms with van der Waals surface area (Å²) in [6.07, 6.45) is 0.245. The van der Waals surface area contributed by atoms with Crippen molar-refractivity contribution >= 4 is 23.3 Å². The van der Waals surface area contributed by atoms with Gasteiger partial charge in [0.15, 0.2) is 5.78 Å². The molecule has 0 spiro atoms. The SMILES string of the molecule is Nc1ccc(CN2C(=O)c3ccccc3C2=O)cc1C(=O)CC(c1ccccc1)c1ccccc1. The number of amides is 2. The number of hydrogen-bond acceptors (Lipinski definition) is 4. The van der Waals surface area contributed by atoms with E-state index in [4.69, 9.17) is 5.73 Å². The van der Waals surface area contributed by atoms with Crippen LogP contribution < -0.4 is 5.73 Å². The maximum atomic E-state index is 13.5. The number of Topliss-reactive ketones (excluding diaryl/α,β-unsaturated/α-hetero) is 1. The summed E-state index contributed by atoms with van der Waals surface area (Å²) >= 11 is 0. The van der Waals surface area contributed by atoms with Crippen molar-refractivity contribution in [2.24, 2.45) is 0 Å². The zero-order valence-electron chi connectivity index (χ0n) is 19.1. The number of carbonyl (C=O) groups is 3. The number of nitrogens with zero attached hydrogens (tertiary/aromatic N) is 1. The van der Waals surface area contributed by atoms with Gasteiger partial charge in [-0.2, -0.15) is 0 Å². The quantitative estimate of drug-likeness (QED) is 0.225. The fraction of sp³-hybridized carbons (Fsp3) is 0.100. The highest BCUT2D eigenvalue weighted by atomic mass is 16.2. The van der Waals surface area contributed by atoms with E-state index in [2.05, 4.69) is 0 Å². The second-order valence-corrected chi connectivity index (χ2v) is 8.66. The van der Waals surface area contributed by atoms with Gasteiger partial charge in [-0.15, -0.1) is 0 Å². The first-order valence-electron chi connectivity index (χ1n) is 11.5. The lowest BCUT2D eigenvalue weighted by atomic mass is 9.85. The number of hydrogen-bond donors (Lipinski definition) is 1. The standard InChI is InChI=1S/C30H24N2O3/c31-27-16-15-20(19-32-29(34)23-13-7-8-14-24(23)30(32)35)17-26(27)28(33)18-25(21-9-3-1-4-10-21)22-11-5-2-6-12-22/h1-17,25H,18-19,31H2. The Balaban J connectivity index is 1.41. The average molecular weight is 461 g/mol. The van der Waals surface area contributed by atoms with Crippen molar-refractivity contribution in [2.75, 3.05) is 5.73 Å². The molecule has 1 heterocycles. The Kier molecular flexibility index (Phi) is 5.98. The molecule has 2 N–H and O–H groups in total. The predicted molar refractivity (Wildman–Crippen MR) is 135 cm³/mol. The molecule has 0 aliphatic carbocycles. The number of imide groups is 1. The molecule has 172 valence electrons. The molecule has 1 aliphatic heterocycles. The zero-order chi connectivity index (χ0) is 24.4. The van der Waals surface area contributed by atoms with Crippen LogP contribution in [0.15, 0.2) is 103 Å². The molecule has 0 atom stereocenters. The summed E-state index contributed by atoms with van der Waals surface area (Å²) in [5, 5.41) is 0. The Morgan fingerprint density at radius 2 is 1.23 bits per heavy atom. The van der Waals surface area contributed by atoms with E-state index in [0.717, 1.165) is 11.1 Å². The number of ketones is 1. The van der Waals surface area contributed by atoms with Crippen molar-refractivity contribution < 1.29 is 14.4 Å². The third-order valence-electron chi connectivity index (χ3n) is 6.43. The van der Waals surface area contributed by atoms with E-state index in [1.807, 2.05) is 60.7 Å². The smallest absolute Gasteiger partial charge is 0.261 e. The molecule has 0 unspecified atom stereocenters. The second-order valence-electron chi connectivity index (χ2n) is 8.66. The van der Waals surface area contributed by atoms with Crippen LogP contribution in [0.4, 0.5) is 5.69 Å². The summed E-state index contributed by atoms with van der Waals surface area (Å²) in [5.74, 6) is -0.874. The van der Waals surface area contributed by atoms with Crippen molar-refractivity contribution in [2.45, 2.75) is 18.9 Å². The minimum atomic E-state index is -0.330. The topological polar surface area (TPSA) is 80.5 Å². The van der Waals surface area contributed by atoms with Gasteiger partial charge in [-0.25, -0.2) is 0 Å². The minimum absolute atomic E-state index is 0.0771. The van der Waals surface area contributed by atoms with Crippen LogP contribution in [-0.2, 0) is 6.54 Å². The van der Waals surface area contributed by atoms with Crippen LogP contribution in [0.5, 0.6) is 0 Å². The molecule has 0 fully saturated rings. The van der Waals surface area contributed by atoms with Gasteiger partial charge in [0, 0.05) is 23.6 Å². The molecule has 4 aromatic rings. The number of carbonyl (C=O) groups excluding carboxylic acids is 3. The number of nitrogens with two attached hydrogens (primary N) is 1. The molecule has 0 saturated heterocycles. The first-order chi connectivity index (χ1) is 17.0. The van der Waals surface area contributed by atoms with Crippen molar-refractivity contribution in [1.29, 1.82) is 0 Å². The highest BCUT2D eigenvalue weighted by Crippen LogP contribution is 2.31. The van der Waals surface area contributed by atoms with Crippen LogP contribution in [0.2, 0.25) is 0 Å². The number of fused-ring (bicyclic) bond motifs is 1. The molecule has 0 radical (unpaired) electrons. The van der Waals surface area contributed by atoms with Gasteiger partial charge in [0.05, 0.1) is 17.7 Å². The first kappa shape index (κ1) is 22.3. The van der Waals surface area contributed by atoms with Gasteiger partial charge in [0.1, 0.15) is 0 Å². The van der Waals surface area contributed by atoms with E-state index in [1.165, 1.54) is 4.90 Å². The van der Waals surface area contributed by atoms with Crippen molar-refractivity contribution in [1.82, 2.24) is 4.90 Å². The van der Waals surface area contributed by atoms with Gasteiger partial charge in [0.2, 0.25) is 0 Å². The summed E-state index contributed by atoms with van der Waals surface area (Å²) in [5.41, 5.74) is 10.6. The Labute approximate surface area is 203 Å². The third kappa shape index (κ3) is 4.36. The summed E-state index contributed by atoms with van der Waals surface area (Å²) in [6, 6.07) is 31.8. The lowest BCUT2D eigenvalue weighted by Crippen LogP contribution is -2.29. The molecule has 0 bridgehead atoms. The molecule has 0 aromatic heterocycles. The normalized spacial score (nSPS) is 12.8. The Hall–Kier alpha value is -4.51. The fourth-order valence-electron chi connectivity index (χ4n) is 4.60. The fourth-order valence-corrected chi connectivity index (χ4v) is 4.60. The van der Waals surface area contributed by atoms with E-state index >= 15 is 0 Å². The van der Waals surface area contributed by atoms with Gasteiger partial charge < -0.3 is 5.73 Å². The van der Waals surface area contributed by atoms with Crippen molar-refractivity contribution in [3.05, 3.63) is 137 Å². The van der Waals surface area contributed by atoms with Crippen LogP contribution in [0.1, 0.15) is 60.1 Å². The molecule has 2 amide bonds. The monoisotopic (exact) mass is 460 g/mol. The Bertz CT molecular complexity index is 1340. The largest absolute Gasteiger partial charge is 0.398 e. The molecule has 0 saturated carbocycles. The third-order valence-corrected chi connectivity index (χ3v) is 6.43. The Morgan fingerprint density at radius 1 is 0.714 bits per heavy atom. The van der Waals surface area contributed by atoms with E-state index in [-0.39, 0.29) is 36.5 Å². The summed E-state index contributed by atoms with van der Waals surface area (Å²) in [6.45, 7) is 0.0771. The minimum Gasteiger partial charge on any atom is -0.398 e. The van der Waals surface area contributed by atoms with Gasteiger partial charge in [0.25, 0.3) is 11.8 Å². The van der Waals surface area contributed by atoms with E-state index < -0.39 is 0 Å². The van der Waals surface area contributed by atoms with E-state index in [0.29, 0.717) is 27.9 Å². The van der Waals surface area contributed by atoms with Crippen LogP contribution >= 0.6 is 0 Å². The van der Waals surface area contributed by atoms with Crippen LogP contribution in [0, 0.1) is 0 Å². The number of benzene rings is 4. The lowest BCUT2D eigenvalue weighted by molar-refractivity contribution is 0.0642. The van der Waals surface area contributed by atoms with Crippen LogP contribution in [0.25, 0.3) is 0 Å². The summed E-state index contributed by atoms with van der Waals surface area (Å²) in [4.78, 5) is 40.2. The molecular formula is C30H24N2O3. The van der Waals surface area contributed by atoms with Gasteiger partial charge in [-0.1, -0.05) is 78.9 Å². The molecule has 5 heteroatoms. The molecule has 1 aliphatic rings. The van der Waals surface area contributed by atoms with Crippen LogP contribution in [0.3, 0.4) is 0 Å². The number of anilines is 1. The van der Waals surface area contributed by atoms with Gasteiger partial charge in [-0.05, 0) is 41.0 Å². The molecular weight excluding hydrogens is 436 g/mol. The summed E-state index contributed by atoms with van der Waals surface area (Å²) in [7, 11) is 0. The Morgan fingerprint density at radius 3 is 1.77 bits per heavy atom. The molecule has 5 nitrogen and oxygen atoms in total. The predicted octanol–water partition coefficient (Wildman–Crippen LogP) is 5.47. The molecule has 35 heavy (non-hydrogen) atoms. The highest BCUT2D eigenvalue weighted by molar-refractivity contribution is 6.21. The average Bonchev–Trinajstić information content (AvgIpc) is 3.14. The van der Waals surface area contributed by atoms with Gasteiger partial charge >= 0.3 is 0 Å². The number of nitrogen functional groups attached to an aromatic ring is 1. The molecule has 4 aromatic carbocycles. The first-order valence-corrected chi connectivity index (χ1v) is 11.5. The maximum absolute atomic E-state index is 13.5. The summed E-state index contributed by atoms with van der Waals surface area (Å²) < 4.78 is 0. The van der Waals surface area contributed by atoms with E-state index in [1.54, 1.807) is 42.5 Å².